The number of hydrogen-bond donors (Lipinski definition) is 1. The summed E-state index contributed by atoms with van der Waals surface area (Å²) in [6.45, 7) is 5.57. The van der Waals surface area contributed by atoms with Crippen molar-refractivity contribution in [1.29, 1.82) is 0 Å². The van der Waals surface area contributed by atoms with Crippen LogP contribution in [-0.4, -0.2) is 17.6 Å². The van der Waals surface area contributed by atoms with Gasteiger partial charge in [0.05, 0.1) is 5.75 Å². The number of aryl methyl sites for hydroxylation is 2. The van der Waals surface area contributed by atoms with Crippen LogP contribution in [0.3, 0.4) is 0 Å². The molecule has 2 aromatic carbocycles. The molecular weight excluding hydrogens is 320 g/mol. The summed E-state index contributed by atoms with van der Waals surface area (Å²) in [5.74, 6) is 0.468. The fourth-order valence-electron chi connectivity index (χ4n) is 3.01. The van der Waals surface area contributed by atoms with Gasteiger partial charge in [-0.2, -0.15) is 0 Å². The van der Waals surface area contributed by atoms with Crippen LogP contribution in [-0.2, 0) is 9.59 Å². The standard InChI is InChI=1S/C19H20N2O2S/c1-12-7-13(2)9-17(8-12)21-18(23)11-24-19(21)15-5-4-6-16(10-15)20-14(3)22/h4-10,19H,11H2,1-3H3,(H,20,22)/t19-/m0/s1. The zero-order valence-electron chi connectivity index (χ0n) is 14.0. The van der Waals surface area contributed by atoms with Crippen LogP contribution in [0.5, 0.6) is 0 Å². The lowest BCUT2D eigenvalue weighted by Gasteiger charge is -2.25. The molecule has 4 nitrogen and oxygen atoms in total. The molecule has 1 heterocycles. The van der Waals surface area contributed by atoms with E-state index in [9.17, 15) is 9.59 Å². The SMILES string of the molecule is CC(=O)Nc1cccc([C@@H]2SCC(=O)N2c2cc(C)cc(C)c2)c1. The molecule has 1 N–H and O–H groups in total. The first-order chi connectivity index (χ1) is 11.4. The molecule has 124 valence electrons. The van der Waals surface area contributed by atoms with Crippen LogP contribution in [0.25, 0.3) is 0 Å². The van der Waals surface area contributed by atoms with E-state index in [1.165, 1.54) is 6.92 Å². The maximum absolute atomic E-state index is 12.5. The average molecular weight is 340 g/mol. The van der Waals surface area contributed by atoms with Crippen LogP contribution in [0, 0.1) is 13.8 Å². The van der Waals surface area contributed by atoms with Crippen molar-refractivity contribution in [3.63, 3.8) is 0 Å². The third kappa shape index (κ3) is 3.46. The van der Waals surface area contributed by atoms with Gasteiger partial charge < -0.3 is 5.32 Å². The quantitative estimate of drug-likeness (QED) is 0.917. The van der Waals surface area contributed by atoms with E-state index in [0.717, 1.165) is 28.1 Å². The summed E-state index contributed by atoms with van der Waals surface area (Å²) in [5.41, 5.74) is 4.97. The maximum Gasteiger partial charge on any atom is 0.238 e. The van der Waals surface area contributed by atoms with E-state index in [0.29, 0.717) is 5.75 Å². The monoisotopic (exact) mass is 340 g/mol. The highest BCUT2D eigenvalue weighted by atomic mass is 32.2. The Morgan fingerprint density at radius 3 is 2.54 bits per heavy atom. The van der Waals surface area contributed by atoms with E-state index < -0.39 is 0 Å². The van der Waals surface area contributed by atoms with Crippen molar-refractivity contribution in [1.82, 2.24) is 0 Å². The summed E-state index contributed by atoms with van der Waals surface area (Å²) >= 11 is 1.61. The Balaban J connectivity index is 1.97. The molecule has 0 saturated carbocycles. The molecule has 0 bridgehead atoms. The van der Waals surface area contributed by atoms with E-state index in [4.69, 9.17) is 0 Å². The second-order valence-electron chi connectivity index (χ2n) is 6.08. The van der Waals surface area contributed by atoms with Crippen LogP contribution in [0.15, 0.2) is 42.5 Å². The molecule has 0 unspecified atom stereocenters. The van der Waals surface area contributed by atoms with E-state index in [1.807, 2.05) is 55.1 Å². The van der Waals surface area contributed by atoms with Crippen molar-refractivity contribution in [2.75, 3.05) is 16.0 Å². The third-order valence-electron chi connectivity index (χ3n) is 3.84. The Hall–Kier alpha value is -2.27. The van der Waals surface area contributed by atoms with Gasteiger partial charge in [0.2, 0.25) is 11.8 Å². The molecule has 1 aliphatic heterocycles. The van der Waals surface area contributed by atoms with Crippen molar-refractivity contribution < 1.29 is 9.59 Å². The van der Waals surface area contributed by atoms with Crippen LogP contribution in [0.4, 0.5) is 11.4 Å². The molecule has 2 aromatic rings. The molecule has 1 fully saturated rings. The van der Waals surface area contributed by atoms with E-state index in [-0.39, 0.29) is 17.2 Å². The molecule has 0 spiro atoms. The van der Waals surface area contributed by atoms with Gasteiger partial charge in [-0.1, -0.05) is 18.2 Å². The molecule has 1 atom stereocenters. The average Bonchev–Trinajstić information content (AvgIpc) is 2.87. The van der Waals surface area contributed by atoms with Crippen LogP contribution in [0.1, 0.15) is 29.0 Å². The summed E-state index contributed by atoms with van der Waals surface area (Å²) < 4.78 is 0. The van der Waals surface area contributed by atoms with Crippen molar-refractivity contribution in [3.05, 3.63) is 59.2 Å². The molecule has 1 saturated heterocycles. The predicted octanol–water partition coefficient (Wildman–Crippen LogP) is 4.04. The third-order valence-corrected chi connectivity index (χ3v) is 5.06. The zero-order chi connectivity index (χ0) is 17.3. The number of anilines is 2. The maximum atomic E-state index is 12.5. The minimum Gasteiger partial charge on any atom is -0.326 e. The van der Waals surface area contributed by atoms with Gasteiger partial charge in [-0.15, -0.1) is 11.8 Å². The fourth-order valence-corrected chi connectivity index (χ4v) is 4.18. The van der Waals surface area contributed by atoms with E-state index >= 15 is 0 Å². The number of carbonyl (C=O) groups is 2. The molecule has 0 aliphatic carbocycles. The lowest BCUT2D eigenvalue weighted by Crippen LogP contribution is -2.28. The molecule has 24 heavy (non-hydrogen) atoms. The largest absolute Gasteiger partial charge is 0.326 e. The topological polar surface area (TPSA) is 49.4 Å². The molecule has 2 amide bonds. The van der Waals surface area contributed by atoms with Gasteiger partial charge in [-0.05, 0) is 54.8 Å². The number of rotatable bonds is 3. The summed E-state index contributed by atoms with van der Waals surface area (Å²) in [4.78, 5) is 25.6. The van der Waals surface area contributed by atoms with Crippen molar-refractivity contribution in [2.24, 2.45) is 0 Å². The van der Waals surface area contributed by atoms with E-state index in [2.05, 4.69) is 11.4 Å². The highest BCUT2D eigenvalue weighted by Gasteiger charge is 2.34. The predicted molar refractivity (Wildman–Crippen MR) is 99.3 cm³/mol. The van der Waals surface area contributed by atoms with Gasteiger partial charge in [0, 0.05) is 18.3 Å². The highest BCUT2D eigenvalue weighted by Crippen LogP contribution is 2.42. The lowest BCUT2D eigenvalue weighted by molar-refractivity contribution is -0.116. The van der Waals surface area contributed by atoms with Crippen molar-refractivity contribution in [2.45, 2.75) is 26.1 Å². The Morgan fingerprint density at radius 2 is 1.88 bits per heavy atom. The second-order valence-corrected chi connectivity index (χ2v) is 7.15. The van der Waals surface area contributed by atoms with Crippen LogP contribution >= 0.6 is 11.8 Å². The zero-order valence-corrected chi connectivity index (χ0v) is 14.8. The lowest BCUT2D eigenvalue weighted by atomic mass is 10.1. The number of carbonyl (C=O) groups excluding carboxylic acids is 2. The first-order valence-corrected chi connectivity index (χ1v) is 8.88. The van der Waals surface area contributed by atoms with Gasteiger partial charge in [0.25, 0.3) is 0 Å². The molecule has 0 radical (unpaired) electrons. The first-order valence-electron chi connectivity index (χ1n) is 7.83. The second kappa shape index (κ2) is 6.69. The van der Waals surface area contributed by atoms with Gasteiger partial charge >= 0.3 is 0 Å². The number of benzene rings is 2. The summed E-state index contributed by atoms with van der Waals surface area (Å²) in [7, 11) is 0. The van der Waals surface area contributed by atoms with Gasteiger partial charge in [0.15, 0.2) is 0 Å². The minimum absolute atomic E-state index is 0.0765. The Labute approximate surface area is 146 Å². The van der Waals surface area contributed by atoms with Crippen LogP contribution < -0.4 is 10.2 Å². The number of nitrogens with zero attached hydrogens (tertiary/aromatic N) is 1. The van der Waals surface area contributed by atoms with Crippen LogP contribution in [0.2, 0.25) is 0 Å². The van der Waals surface area contributed by atoms with Gasteiger partial charge in [0.1, 0.15) is 5.37 Å². The highest BCUT2D eigenvalue weighted by molar-refractivity contribution is 8.00. The fraction of sp³-hybridized carbons (Fsp3) is 0.263. The molecular formula is C19H20N2O2S. The van der Waals surface area contributed by atoms with Gasteiger partial charge in [-0.3, -0.25) is 14.5 Å². The molecule has 0 aromatic heterocycles. The van der Waals surface area contributed by atoms with Crippen molar-refractivity contribution >= 4 is 35.0 Å². The number of nitrogens with one attached hydrogen (secondary N) is 1. The smallest absolute Gasteiger partial charge is 0.238 e. The summed E-state index contributed by atoms with van der Waals surface area (Å²) in [6, 6.07) is 13.9. The number of thioether (sulfide) groups is 1. The Morgan fingerprint density at radius 1 is 1.17 bits per heavy atom. The van der Waals surface area contributed by atoms with Gasteiger partial charge in [-0.25, -0.2) is 0 Å². The summed E-state index contributed by atoms with van der Waals surface area (Å²) in [5, 5.41) is 2.72. The molecule has 1 aliphatic rings. The van der Waals surface area contributed by atoms with E-state index in [1.54, 1.807) is 11.8 Å². The number of amides is 2. The molecule has 3 rings (SSSR count). The first kappa shape index (κ1) is 16.6. The Kier molecular flexibility index (Phi) is 4.62. The Bertz CT molecular complexity index is 783. The van der Waals surface area contributed by atoms with Crippen molar-refractivity contribution in [3.8, 4) is 0 Å². The minimum atomic E-state index is -0.103. The normalized spacial score (nSPS) is 17.2. The number of hydrogen-bond acceptors (Lipinski definition) is 3. The molecule has 5 heteroatoms. The summed E-state index contributed by atoms with van der Waals surface area (Å²) in [6.07, 6.45) is 0.